The molecule has 3 N–H and O–H groups in total. The first kappa shape index (κ1) is 23.9. The van der Waals surface area contributed by atoms with Crippen LogP contribution in [0.2, 0.25) is 10.0 Å². The molecule has 5 rings (SSSR count). The summed E-state index contributed by atoms with van der Waals surface area (Å²) in [5.41, 5.74) is 4.17. The first-order chi connectivity index (χ1) is 16.9. The Morgan fingerprint density at radius 3 is 2.57 bits per heavy atom. The van der Waals surface area contributed by atoms with Gasteiger partial charge in [0.15, 0.2) is 6.10 Å². The lowest BCUT2D eigenvalue weighted by molar-refractivity contribution is -0.136. The van der Waals surface area contributed by atoms with Gasteiger partial charge in [-0.05, 0) is 55.3 Å². The van der Waals surface area contributed by atoms with Crippen LogP contribution in [0.3, 0.4) is 0 Å². The van der Waals surface area contributed by atoms with Crippen molar-refractivity contribution < 1.29 is 23.8 Å². The quantitative estimate of drug-likeness (QED) is 0.472. The zero-order valence-corrected chi connectivity index (χ0v) is 20.3. The third kappa shape index (κ3) is 5.41. The number of hydrogen-bond donors (Lipinski definition) is 3. The number of aliphatic hydroxyl groups excluding tert-OH is 1. The maximum absolute atomic E-state index is 12.7. The lowest BCUT2D eigenvalue weighted by atomic mass is 9.96. The first-order valence-corrected chi connectivity index (χ1v) is 12.3. The highest BCUT2D eigenvalue weighted by molar-refractivity contribution is 6.31. The average Bonchev–Trinajstić information content (AvgIpc) is 3.25. The Hall–Kier alpha value is -2.78. The second-order valence-corrected chi connectivity index (χ2v) is 9.76. The number of nitrogens with zero attached hydrogens (tertiary/aromatic N) is 1. The molecule has 0 aliphatic carbocycles. The number of fused-ring (bicyclic) bond motifs is 2. The van der Waals surface area contributed by atoms with E-state index in [-0.39, 0.29) is 24.2 Å². The molecule has 1 fully saturated rings. The van der Waals surface area contributed by atoms with E-state index in [1.54, 1.807) is 35.3 Å². The molecular formula is C25H25Cl2N3O5. The second-order valence-electron chi connectivity index (χ2n) is 8.89. The summed E-state index contributed by atoms with van der Waals surface area (Å²) in [6.45, 7) is 1.37. The number of carbonyl (C=O) groups is 2. The van der Waals surface area contributed by atoms with Crippen LogP contribution >= 0.6 is 23.2 Å². The molecule has 1 aromatic heterocycles. The van der Waals surface area contributed by atoms with E-state index in [4.69, 9.17) is 32.4 Å². The molecule has 35 heavy (non-hydrogen) atoms. The largest absolute Gasteiger partial charge is 0.480 e. The predicted octanol–water partition coefficient (Wildman–Crippen LogP) is 3.98. The monoisotopic (exact) mass is 517 g/mol. The van der Waals surface area contributed by atoms with Gasteiger partial charge in [-0.25, -0.2) is 5.01 Å². The van der Waals surface area contributed by atoms with Crippen molar-refractivity contribution in [2.75, 3.05) is 13.1 Å². The van der Waals surface area contributed by atoms with Crippen molar-refractivity contribution in [2.24, 2.45) is 5.92 Å². The van der Waals surface area contributed by atoms with Gasteiger partial charge < -0.3 is 19.6 Å². The van der Waals surface area contributed by atoms with Gasteiger partial charge in [-0.3, -0.25) is 15.0 Å². The summed E-state index contributed by atoms with van der Waals surface area (Å²) in [5, 5.41) is 17.2. The number of benzene rings is 2. The van der Waals surface area contributed by atoms with Crippen LogP contribution in [-0.2, 0) is 16.1 Å². The third-order valence-electron chi connectivity index (χ3n) is 6.43. The number of hydrogen-bond acceptors (Lipinski definition) is 6. The fourth-order valence-corrected chi connectivity index (χ4v) is 4.90. The number of ether oxygens (including phenoxy) is 1. The van der Waals surface area contributed by atoms with Gasteiger partial charge >= 0.3 is 0 Å². The molecule has 0 radical (unpaired) electrons. The van der Waals surface area contributed by atoms with Gasteiger partial charge in [0, 0.05) is 46.4 Å². The Balaban J connectivity index is 1.09. The van der Waals surface area contributed by atoms with Gasteiger partial charge in [-0.2, -0.15) is 0 Å². The molecule has 0 bridgehead atoms. The van der Waals surface area contributed by atoms with Crippen molar-refractivity contribution in [3.63, 3.8) is 0 Å². The molecule has 3 aromatic rings. The summed E-state index contributed by atoms with van der Waals surface area (Å²) in [7, 11) is 0. The van der Waals surface area contributed by atoms with E-state index in [2.05, 4.69) is 10.7 Å². The van der Waals surface area contributed by atoms with Crippen LogP contribution in [0.1, 0.15) is 36.7 Å². The molecule has 10 heteroatoms. The minimum absolute atomic E-state index is 0.0385. The van der Waals surface area contributed by atoms with Gasteiger partial charge in [-0.15, -0.1) is 0 Å². The number of carbonyl (C=O) groups excluding carboxylic acids is 2. The fourth-order valence-electron chi connectivity index (χ4n) is 4.53. The standard InChI is InChI=1S/C25H25Cl2N3O5/c26-16-1-3-21-15(9-16)10-18(34-21)13-28-24(32)14-5-7-30(8-6-14)29-25(33)23-12-20(31)19-11-17(27)2-4-22(19)35-23/h1-4,9-11,14,20,23,31H,5-8,12-13H2,(H,28,32)(H,29,33)/t20-,23-/m1/s1. The summed E-state index contributed by atoms with van der Waals surface area (Å²) in [6, 6.07) is 12.2. The van der Waals surface area contributed by atoms with E-state index in [1.807, 2.05) is 12.1 Å². The van der Waals surface area contributed by atoms with Gasteiger partial charge in [0.05, 0.1) is 12.6 Å². The van der Waals surface area contributed by atoms with E-state index < -0.39 is 12.2 Å². The Labute approximate surface area is 212 Å². The number of furan rings is 1. The molecule has 0 unspecified atom stereocenters. The zero-order chi connectivity index (χ0) is 24.5. The minimum atomic E-state index is -0.827. The van der Waals surface area contributed by atoms with Crippen LogP contribution in [0, 0.1) is 5.92 Å². The van der Waals surface area contributed by atoms with Crippen molar-refractivity contribution >= 4 is 46.0 Å². The minimum Gasteiger partial charge on any atom is -0.480 e. The lowest BCUT2D eigenvalue weighted by Gasteiger charge is -2.34. The molecule has 2 atom stereocenters. The molecule has 2 aliphatic heterocycles. The number of hydrazine groups is 1. The van der Waals surface area contributed by atoms with Crippen LogP contribution < -0.4 is 15.5 Å². The smallest absolute Gasteiger partial charge is 0.275 e. The summed E-state index contributed by atoms with van der Waals surface area (Å²) in [6.07, 6.45) is -0.273. The molecule has 184 valence electrons. The van der Waals surface area contributed by atoms with Crippen molar-refractivity contribution in [2.45, 2.75) is 38.0 Å². The fraction of sp³-hybridized carbons (Fsp3) is 0.360. The highest BCUT2D eigenvalue weighted by Gasteiger charge is 2.34. The van der Waals surface area contributed by atoms with Gasteiger partial charge in [0.25, 0.3) is 5.91 Å². The molecule has 8 nitrogen and oxygen atoms in total. The van der Waals surface area contributed by atoms with E-state index in [1.165, 1.54) is 0 Å². The molecule has 0 spiro atoms. The molecule has 2 aromatic carbocycles. The summed E-state index contributed by atoms with van der Waals surface area (Å²) in [5.74, 6) is 0.613. The van der Waals surface area contributed by atoms with Crippen LogP contribution in [0.15, 0.2) is 46.9 Å². The van der Waals surface area contributed by atoms with Crippen molar-refractivity contribution in [1.29, 1.82) is 0 Å². The number of rotatable bonds is 5. The van der Waals surface area contributed by atoms with E-state index in [9.17, 15) is 14.7 Å². The van der Waals surface area contributed by atoms with Crippen LogP contribution in [0.5, 0.6) is 5.75 Å². The first-order valence-electron chi connectivity index (χ1n) is 11.5. The van der Waals surface area contributed by atoms with E-state index in [0.717, 1.165) is 11.0 Å². The highest BCUT2D eigenvalue weighted by Crippen LogP contribution is 2.36. The topological polar surface area (TPSA) is 104 Å². The third-order valence-corrected chi connectivity index (χ3v) is 6.90. The molecule has 3 heterocycles. The SMILES string of the molecule is O=C(NCc1cc2cc(Cl)ccc2o1)C1CCN(NC(=O)[C@H]2C[C@@H](O)c3cc(Cl)ccc3O2)CC1. The predicted molar refractivity (Wildman–Crippen MR) is 131 cm³/mol. The summed E-state index contributed by atoms with van der Waals surface area (Å²) < 4.78 is 11.5. The maximum Gasteiger partial charge on any atom is 0.275 e. The summed E-state index contributed by atoms with van der Waals surface area (Å²) in [4.78, 5) is 25.4. The van der Waals surface area contributed by atoms with E-state index in [0.29, 0.717) is 59.6 Å². The van der Waals surface area contributed by atoms with Crippen LogP contribution in [0.4, 0.5) is 0 Å². The average molecular weight is 518 g/mol. The zero-order valence-electron chi connectivity index (χ0n) is 18.8. The number of nitrogens with one attached hydrogen (secondary N) is 2. The van der Waals surface area contributed by atoms with Crippen LogP contribution in [0.25, 0.3) is 11.0 Å². The number of aliphatic hydroxyl groups is 1. The van der Waals surface area contributed by atoms with Crippen molar-refractivity contribution in [3.05, 3.63) is 63.8 Å². The Kier molecular flexibility index (Phi) is 6.88. The normalized spacial score (nSPS) is 20.8. The second kappa shape index (κ2) is 10.1. The van der Waals surface area contributed by atoms with Crippen molar-refractivity contribution in [1.82, 2.24) is 15.8 Å². The molecule has 2 amide bonds. The van der Waals surface area contributed by atoms with Crippen molar-refractivity contribution in [3.8, 4) is 5.75 Å². The van der Waals surface area contributed by atoms with Gasteiger partial charge in [-0.1, -0.05) is 23.2 Å². The number of amides is 2. The van der Waals surface area contributed by atoms with Gasteiger partial charge in [0.2, 0.25) is 5.91 Å². The molecule has 1 saturated heterocycles. The Morgan fingerprint density at radius 2 is 1.77 bits per heavy atom. The lowest BCUT2D eigenvalue weighted by Crippen LogP contribution is -2.53. The molecule has 0 saturated carbocycles. The maximum atomic E-state index is 12.7. The number of piperidine rings is 1. The number of halogens is 2. The molecular weight excluding hydrogens is 493 g/mol. The highest BCUT2D eigenvalue weighted by atomic mass is 35.5. The summed E-state index contributed by atoms with van der Waals surface area (Å²) >= 11 is 12.0. The Morgan fingerprint density at radius 1 is 1.03 bits per heavy atom. The van der Waals surface area contributed by atoms with E-state index >= 15 is 0 Å². The van der Waals surface area contributed by atoms with Crippen LogP contribution in [-0.4, -0.2) is 41.1 Å². The Bertz CT molecular complexity index is 1260. The van der Waals surface area contributed by atoms with Gasteiger partial charge in [0.1, 0.15) is 17.1 Å². The molecule has 2 aliphatic rings.